The van der Waals surface area contributed by atoms with E-state index in [-0.39, 0.29) is 5.75 Å². The van der Waals surface area contributed by atoms with Crippen molar-refractivity contribution in [2.75, 3.05) is 18.9 Å². The van der Waals surface area contributed by atoms with Crippen LogP contribution in [0.1, 0.15) is 50.6 Å². The summed E-state index contributed by atoms with van der Waals surface area (Å²) in [7, 11) is -3.45. The first-order valence-electron chi connectivity index (χ1n) is 8.53. The molecule has 0 bridgehead atoms. The molecule has 5 nitrogen and oxygen atoms in total. The minimum atomic E-state index is -3.45. The lowest BCUT2D eigenvalue weighted by atomic mass is 10.1. The van der Waals surface area contributed by atoms with Crippen LogP contribution in [-0.2, 0) is 10.0 Å². The Labute approximate surface area is 143 Å². The topological polar surface area (TPSA) is 81.4 Å². The molecule has 7 heteroatoms. The van der Waals surface area contributed by atoms with Gasteiger partial charge in [0.1, 0.15) is 11.6 Å². The standard InChI is InChI=1S/C17H27FN2O3S/c1-13(20-24(21,22)10-4-2-3-9-19)16-11-15(7-8-17(16)18)23-12-14-5-6-14/h7-8,11,13-14,20H,2-6,9-10,12,19H2,1H3/t13-/m0/s1. The minimum absolute atomic E-state index is 0.0246. The van der Waals surface area contributed by atoms with Gasteiger partial charge < -0.3 is 10.5 Å². The van der Waals surface area contributed by atoms with Gasteiger partial charge in [-0.15, -0.1) is 0 Å². The van der Waals surface area contributed by atoms with Crippen LogP contribution in [0.25, 0.3) is 0 Å². The van der Waals surface area contributed by atoms with Crippen LogP contribution in [0.5, 0.6) is 5.75 Å². The zero-order valence-corrected chi connectivity index (χ0v) is 14.9. The Balaban J connectivity index is 1.94. The molecule has 0 heterocycles. The largest absolute Gasteiger partial charge is 0.493 e. The number of rotatable bonds is 11. The van der Waals surface area contributed by atoms with E-state index in [1.165, 1.54) is 18.9 Å². The highest BCUT2D eigenvalue weighted by Gasteiger charge is 2.23. The monoisotopic (exact) mass is 358 g/mol. The van der Waals surface area contributed by atoms with E-state index in [4.69, 9.17) is 10.5 Å². The first kappa shape index (κ1) is 19.1. The Bertz CT molecular complexity index is 633. The molecule has 1 aliphatic rings. The molecular weight excluding hydrogens is 331 g/mol. The molecule has 0 spiro atoms. The summed E-state index contributed by atoms with van der Waals surface area (Å²) in [6.07, 6.45) is 4.47. The Morgan fingerprint density at radius 3 is 2.75 bits per heavy atom. The average Bonchev–Trinajstić information content (AvgIpc) is 3.34. The first-order valence-corrected chi connectivity index (χ1v) is 10.2. The van der Waals surface area contributed by atoms with Gasteiger partial charge in [0.2, 0.25) is 10.0 Å². The first-order chi connectivity index (χ1) is 11.4. The molecule has 1 atom stereocenters. The van der Waals surface area contributed by atoms with Crippen LogP contribution in [-0.4, -0.2) is 27.3 Å². The highest BCUT2D eigenvalue weighted by molar-refractivity contribution is 7.89. The predicted molar refractivity (Wildman–Crippen MR) is 92.9 cm³/mol. The molecule has 0 unspecified atom stereocenters. The summed E-state index contributed by atoms with van der Waals surface area (Å²) in [6, 6.07) is 3.84. The summed E-state index contributed by atoms with van der Waals surface area (Å²) >= 11 is 0. The minimum Gasteiger partial charge on any atom is -0.493 e. The summed E-state index contributed by atoms with van der Waals surface area (Å²) in [5, 5.41) is 0. The van der Waals surface area contributed by atoms with Crippen molar-refractivity contribution in [1.29, 1.82) is 0 Å². The van der Waals surface area contributed by atoms with Crippen LogP contribution in [0.3, 0.4) is 0 Å². The van der Waals surface area contributed by atoms with Gasteiger partial charge >= 0.3 is 0 Å². The molecule has 1 saturated carbocycles. The van der Waals surface area contributed by atoms with Gasteiger partial charge in [0.15, 0.2) is 0 Å². The second-order valence-electron chi connectivity index (χ2n) is 6.45. The summed E-state index contributed by atoms with van der Waals surface area (Å²) in [5.74, 6) is 0.763. The molecule has 1 aromatic carbocycles. The Morgan fingerprint density at radius 1 is 1.33 bits per heavy atom. The van der Waals surface area contributed by atoms with Crippen molar-refractivity contribution in [1.82, 2.24) is 4.72 Å². The molecule has 0 saturated heterocycles. The summed E-state index contributed by atoms with van der Waals surface area (Å²) in [4.78, 5) is 0. The molecule has 3 N–H and O–H groups in total. The molecule has 0 radical (unpaired) electrons. The summed E-state index contributed by atoms with van der Waals surface area (Å²) < 4.78 is 46.4. The lowest BCUT2D eigenvalue weighted by Crippen LogP contribution is -2.29. The van der Waals surface area contributed by atoms with Crippen molar-refractivity contribution >= 4 is 10.0 Å². The molecule has 0 aliphatic heterocycles. The van der Waals surface area contributed by atoms with Crippen molar-refractivity contribution in [2.45, 2.75) is 45.1 Å². The molecule has 0 aromatic heterocycles. The van der Waals surface area contributed by atoms with Gasteiger partial charge in [0.05, 0.1) is 12.4 Å². The average molecular weight is 358 g/mol. The Morgan fingerprint density at radius 2 is 2.08 bits per heavy atom. The third-order valence-corrected chi connectivity index (χ3v) is 5.63. The highest BCUT2D eigenvalue weighted by atomic mass is 32.2. The molecule has 1 aliphatic carbocycles. The lowest BCUT2D eigenvalue weighted by Gasteiger charge is -2.16. The van der Waals surface area contributed by atoms with E-state index >= 15 is 0 Å². The fourth-order valence-corrected chi connectivity index (χ4v) is 3.81. The number of hydrogen-bond donors (Lipinski definition) is 2. The fraction of sp³-hybridized carbons (Fsp3) is 0.647. The number of nitrogens with two attached hydrogens (primary N) is 1. The van der Waals surface area contributed by atoms with Gasteiger partial charge in [0, 0.05) is 11.6 Å². The third-order valence-electron chi connectivity index (χ3n) is 4.09. The molecule has 1 aromatic rings. The maximum atomic E-state index is 14.1. The molecule has 0 amide bonds. The van der Waals surface area contributed by atoms with Crippen LogP contribution in [0.4, 0.5) is 4.39 Å². The Kier molecular flexibility index (Phi) is 7.01. The second kappa shape index (κ2) is 8.78. The number of benzene rings is 1. The van der Waals surface area contributed by atoms with Crippen LogP contribution in [0, 0.1) is 11.7 Å². The summed E-state index contributed by atoms with van der Waals surface area (Å²) in [6.45, 7) is 2.83. The normalized spacial score (nSPS) is 16.1. The van der Waals surface area contributed by atoms with Crippen molar-refractivity contribution < 1.29 is 17.5 Å². The van der Waals surface area contributed by atoms with Gasteiger partial charge in [-0.1, -0.05) is 6.42 Å². The van der Waals surface area contributed by atoms with Gasteiger partial charge in [-0.05, 0) is 63.3 Å². The van der Waals surface area contributed by atoms with Gasteiger partial charge in [-0.3, -0.25) is 0 Å². The Hall–Kier alpha value is -1.18. The van der Waals surface area contributed by atoms with Crippen LogP contribution in [0.15, 0.2) is 18.2 Å². The zero-order chi connectivity index (χ0) is 17.6. The van der Waals surface area contributed by atoms with Crippen molar-refractivity contribution in [3.05, 3.63) is 29.6 Å². The van der Waals surface area contributed by atoms with Crippen LogP contribution < -0.4 is 15.2 Å². The van der Waals surface area contributed by atoms with Gasteiger partial charge in [-0.2, -0.15) is 0 Å². The van der Waals surface area contributed by atoms with E-state index < -0.39 is 21.9 Å². The van der Waals surface area contributed by atoms with Crippen molar-refractivity contribution in [3.63, 3.8) is 0 Å². The van der Waals surface area contributed by atoms with E-state index in [1.54, 1.807) is 19.1 Å². The highest BCUT2D eigenvalue weighted by Crippen LogP contribution is 2.30. The number of unbranched alkanes of at least 4 members (excludes halogenated alkanes) is 2. The predicted octanol–water partition coefficient (Wildman–Crippen LogP) is 2.72. The summed E-state index contributed by atoms with van der Waals surface area (Å²) in [5.41, 5.74) is 5.69. The van der Waals surface area contributed by atoms with E-state index in [2.05, 4.69) is 4.72 Å². The molecule has 24 heavy (non-hydrogen) atoms. The lowest BCUT2D eigenvalue weighted by molar-refractivity contribution is 0.298. The maximum Gasteiger partial charge on any atom is 0.212 e. The fourth-order valence-electron chi connectivity index (χ4n) is 2.45. The van der Waals surface area contributed by atoms with E-state index in [0.717, 1.165) is 12.8 Å². The van der Waals surface area contributed by atoms with E-state index in [9.17, 15) is 12.8 Å². The van der Waals surface area contributed by atoms with Crippen molar-refractivity contribution in [2.24, 2.45) is 11.7 Å². The smallest absolute Gasteiger partial charge is 0.212 e. The van der Waals surface area contributed by atoms with Crippen molar-refractivity contribution in [3.8, 4) is 5.75 Å². The molecule has 136 valence electrons. The molecule has 2 rings (SSSR count). The quantitative estimate of drug-likeness (QED) is 0.596. The number of sulfonamides is 1. The van der Waals surface area contributed by atoms with Gasteiger partial charge in [-0.25, -0.2) is 17.5 Å². The second-order valence-corrected chi connectivity index (χ2v) is 8.32. The number of nitrogens with one attached hydrogen (secondary N) is 1. The zero-order valence-electron chi connectivity index (χ0n) is 14.1. The third kappa shape index (κ3) is 6.37. The molecule has 1 fully saturated rings. The number of hydrogen-bond acceptors (Lipinski definition) is 4. The molecular formula is C17H27FN2O3S. The van der Waals surface area contributed by atoms with E-state index in [0.29, 0.717) is 36.8 Å². The van der Waals surface area contributed by atoms with E-state index in [1.807, 2.05) is 0 Å². The van der Waals surface area contributed by atoms with Gasteiger partial charge in [0.25, 0.3) is 0 Å². The van der Waals surface area contributed by atoms with Crippen LogP contribution in [0.2, 0.25) is 0 Å². The maximum absolute atomic E-state index is 14.1. The number of halogens is 1. The number of ether oxygens (including phenoxy) is 1. The van der Waals surface area contributed by atoms with Crippen LogP contribution >= 0.6 is 0 Å². The SMILES string of the molecule is C[C@H](NS(=O)(=O)CCCCCN)c1cc(OCC2CC2)ccc1F.